The Hall–Kier alpha value is -1.71. The molecule has 0 aliphatic rings. The third-order valence-electron chi connectivity index (χ3n) is 1.82. The molecule has 0 atom stereocenters. The molecular formula is C10H12N4. The van der Waals surface area contributed by atoms with Crippen molar-refractivity contribution in [2.24, 2.45) is 0 Å². The molecule has 0 aliphatic carbocycles. The van der Waals surface area contributed by atoms with Crippen LogP contribution in [0.2, 0.25) is 0 Å². The summed E-state index contributed by atoms with van der Waals surface area (Å²) in [5.41, 5.74) is 1.70. The molecule has 4 heteroatoms. The highest BCUT2D eigenvalue weighted by Gasteiger charge is 1.99. The third-order valence-corrected chi connectivity index (χ3v) is 1.82. The molecule has 0 spiro atoms. The molecule has 1 N–H and O–H groups in total. The molecule has 2 heterocycles. The molecule has 0 fully saturated rings. The quantitative estimate of drug-likeness (QED) is 0.781. The third kappa shape index (κ3) is 1.79. The Morgan fingerprint density at radius 2 is 2.21 bits per heavy atom. The Kier molecular flexibility index (Phi) is 2.26. The summed E-state index contributed by atoms with van der Waals surface area (Å²) in [5.74, 6) is 0. The monoisotopic (exact) mass is 188 g/mol. The van der Waals surface area contributed by atoms with Crippen LogP contribution in [0.25, 0.3) is 11.0 Å². The second-order valence-corrected chi connectivity index (χ2v) is 3.47. The van der Waals surface area contributed by atoms with Gasteiger partial charge in [-0.25, -0.2) is 4.98 Å². The van der Waals surface area contributed by atoms with E-state index in [4.69, 9.17) is 0 Å². The Labute approximate surface area is 82.4 Å². The molecule has 2 rings (SSSR count). The molecule has 2 aromatic heterocycles. The van der Waals surface area contributed by atoms with Gasteiger partial charge in [0.1, 0.15) is 0 Å². The van der Waals surface area contributed by atoms with E-state index in [2.05, 4.69) is 34.3 Å². The van der Waals surface area contributed by atoms with Gasteiger partial charge < -0.3 is 5.32 Å². The maximum atomic E-state index is 4.20. The lowest BCUT2D eigenvalue weighted by Crippen LogP contribution is -2.09. The average Bonchev–Trinajstić information content (AvgIpc) is 2.17. The fraction of sp³-hybridized carbons (Fsp3) is 0.300. The van der Waals surface area contributed by atoms with Gasteiger partial charge in [0.05, 0.1) is 18.1 Å². The first-order chi connectivity index (χ1) is 6.75. The van der Waals surface area contributed by atoms with E-state index in [0.717, 1.165) is 11.1 Å². The van der Waals surface area contributed by atoms with Crippen molar-refractivity contribution < 1.29 is 0 Å². The van der Waals surface area contributed by atoms with E-state index in [-0.39, 0.29) is 0 Å². The van der Waals surface area contributed by atoms with Gasteiger partial charge in [0.2, 0.25) is 0 Å². The second kappa shape index (κ2) is 3.57. The zero-order chi connectivity index (χ0) is 9.97. The molecular weight excluding hydrogens is 176 g/mol. The van der Waals surface area contributed by atoms with Gasteiger partial charge in [-0.3, -0.25) is 0 Å². The van der Waals surface area contributed by atoms with Gasteiger partial charge >= 0.3 is 0 Å². The van der Waals surface area contributed by atoms with Crippen LogP contribution in [0.15, 0.2) is 24.5 Å². The number of hydrogen-bond donors (Lipinski definition) is 1. The fourth-order valence-electron chi connectivity index (χ4n) is 1.29. The number of fused-ring (bicyclic) bond motifs is 1. The number of anilines is 1. The van der Waals surface area contributed by atoms with Gasteiger partial charge in [-0.1, -0.05) is 0 Å². The van der Waals surface area contributed by atoms with E-state index >= 15 is 0 Å². The minimum atomic E-state index is 0.407. The van der Waals surface area contributed by atoms with E-state index < -0.39 is 0 Å². The van der Waals surface area contributed by atoms with Gasteiger partial charge in [0.25, 0.3) is 0 Å². The van der Waals surface area contributed by atoms with Gasteiger partial charge in [-0.2, -0.15) is 5.10 Å². The average molecular weight is 188 g/mol. The maximum Gasteiger partial charge on any atom is 0.181 e. The summed E-state index contributed by atoms with van der Waals surface area (Å²) in [5, 5.41) is 12.0. The molecule has 0 unspecified atom stereocenters. The van der Waals surface area contributed by atoms with Gasteiger partial charge in [0.15, 0.2) is 5.65 Å². The van der Waals surface area contributed by atoms with Crippen LogP contribution in [0.3, 0.4) is 0 Å². The highest BCUT2D eigenvalue weighted by Crippen LogP contribution is 2.13. The molecule has 0 bridgehead atoms. The van der Waals surface area contributed by atoms with Crippen LogP contribution in [-0.2, 0) is 0 Å². The topological polar surface area (TPSA) is 50.7 Å². The Morgan fingerprint density at radius 1 is 1.36 bits per heavy atom. The zero-order valence-corrected chi connectivity index (χ0v) is 8.23. The summed E-state index contributed by atoms with van der Waals surface area (Å²) >= 11 is 0. The van der Waals surface area contributed by atoms with E-state index in [1.165, 1.54) is 0 Å². The fourth-order valence-corrected chi connectivity index (χ4v) is 1.29. The summed E-state index contributed by atoms with van der Waals surface area (Å²) < 4.78 is 0. The standard InChI is InChI=1S/C10H12N4/c1-7(2)13-9-5-8-3-4-12-14-10(8)11-6-9/h3-7,13H,1-2H3. The molecule has 0 aromatic carbocycles. The largest absolute Gasteiger partial charge is 0.382 e. The van der Waals surface area contributed by atoms with Crippen molar-refractivity contribution in [3.05, 3.63) is 24.5 Å². The van der Waals surface area contributed by atoms with Gasteiger partial charge in [0, 0.05) is 11.4 Å². The first-order valence-electron chi connectivity index (χ1n) is 4.60. The van der Waals surface area contributed by atoms with Crippen LogP contribution in [-0.4, -0.2) is 21.2 Å². The van der Waals surface area contributed by atoms with E-state index in [0.29, 0.717) is 11.7 Å². The molecule has 0 radical (unpaired) electrons. The van der Waals surface area contributed by atoms with Crippen molar-refractivity contribution in [2.45, 2.75) is 19.9 Å². The summed E-state index contributed by atoms with van der Waals surface area (Å²) in [4.78, 5) is 4.20. The van der Waals surface area contributed by atoms with Crippen molar-refractivity contribution in [1.82, 2.24) is 15.2 Å². The molecule has 72 valence electrons. The van der Waals surface area contributed by atoms with Crippen molar-refractivity contribution >= 4 is 16.7 Å². The Balaban J connectivity index is 2.41. The highest BCUT2D eigenvalue weighted by atomic mass is 15.1. The van der Waals surface area contributed by atoms with Crippen molar-refractivity contribution in [3.8, 4) is 0 Å². The number of pyridine rings is 1. The number of hydrogen-bond acceptors (Lipinski definition) is 4. The van der Waals surface area contributed by atoms with E-state index in [1.54, 1.807) is 12.4 Å². The minimum Gasteiger partial charge on any atom is -0.382 e. The number of nitrogens with one attached hydrogen (secondary N) is 1. The minimum absolute atomic E-state index is 0.407. The Bertz CT molecular complexity index is 439. The van der Waals surface area contributed by atoms with Crippen molar-refractivity contribution in [3.63, 3.8) is 0 Å². The van der Waals surface area contributed by atoms with Crippen LogP contribution in [0.5, 0.6) is 0 Å². The first kappa shape index (κ1) is 8.87. The summed E-state index contributed by atoms with van der Waals surface area (Å²) in [7, 11) is 0. The number of rotatable bonds is 2. The predicted molar refractivity (Wildman–Crippen MR) is 56.1 cm³/mol. The van der Waals surface area contributed by atoms with E-state index in [1.807, 2.05) is 12.1 Å². The number of nitrogens with zero attached hydrogens (tertiary/aromatic N) is 3. The predicted octanol–water partition coefficient (Wildman–Crippen LogP) is 1.85. The number of aromatic nitrogens is 3. The lowest BCUT2D eigenvalue weighted by atomic mass is 10.3. The van der Waals surface area contributed by atoms with Crippen LogP contribution in [0.1, 0.15) is 13.8 Å². The summed E-state index contributed by atoms with van der Waals surface area (Å²) in [6.45, 7) is 4.18. The molecule has 0 aliphatic heterocycles. The zero-order valence-electron chi connectivity index (χ0n) is 8.23. The van der Waals surface area contributed by atoms with Crippen LogP contribution in [0.4, 0.5) is 5.69 Å². The molecule has 0 saturated carbocycles. The van der Waals surface area contributed by atoms with E-state index in [9.17, 15) is 0 Å². The summed E-state index contributed by atoms with van der Waals surface area (Å²) in [6.07, 6.45) is 3.44. The maximum absolute atomic E-state index is 4.20. The Morgan fingerprint density at radius 3 is 3.00 bits per heavy atom. The van der Waals surface area contributed by atoms with Crippen LogP contribution in [0, 0.1) is 0 Å². The van der Waals surface area contributed by atoms with Crippen LogP contribution < -0.4 is 5.32 Å². The SMILES string of the molecule is CC(C)Nc1cnc2nnccc2c1. The molecule has 14 heavy (non-hydrogen) atoms. The van der Waals surface area contributed by atoms with Crippen molar-refractivity contribution in [2.75, 3.05) is 5.32 Å². The molecule has 0 amide bonds. The van der Waals surface area contributed by atoms with Crippen LogP contribution >= 0.6 is 0 Å². The lowest BCUT2D eigenvalue weighted by Gasteiger charge is -2.09. The molecule has 4 nitrogen and oxygen atoms in total. The smallest absolute Gasteiger partial charge is 0.181 e. The first-order valence-corrected chi connectivity index (χ1v) is 4.60. The lowest BCUT2D eigenvalue weighted by molar-refractivity contribution is 0.898. The van der Waals surface area contributed by atoms with Gasteiger partial charge in [-0.15, -0.1) is 5.10 Å². The van der Waals surface area contributed by atoms with Gasteiger partial charge in [-0.05, 0) is 26.0 Å². The normalized spacial score (nSPS) is 10.8. The summed E-state index contributed by atoms with van der Waals surface area (Å²) in [6, 6.07) is 4.33. The molecule has 0 saturated heterocycles. The highest BCUT2D eigenvalue weighted by molar-refractivity contribution is 5.77. The molecule has 2 aromatic rings. The van der Waals surface area contributed by atoms with Crippen molar-refractivity contribution in [1.29, 1.82) is 0 Å². The second-order valence-electron chi connectivity index (χ2n) is 3.47.